The number of ketones is 1. The van der Waals surface area contributed by atoms with Crippen molar-refractivity contribution in [2.45, 2.75) is 78.3 Å². The van der Waals surface area contributed by atoms with E-state index in [1.54, 1.807) is 74.5 Å². The van der Waals surface area contributed by atoms with E-state index in [2.05, 4.69) is 20.4 Å². The molecule has 9 nitrogen and oxygen atoms in total. The van der Waals surface area contributed by atoms with Gasteiger partial charge in [-0.2, -0.15) is 0 Å². The van der Waals surface area contributed by atoms with Crippen LogP contribution in [0.3, 0.4) is 0 Å². The molecule has 2 aromatic carbocycles. The fraction of sp³-hybridized carbons (Fsp3) is 0.447. The summed E-state index contributed by atoms with van der Waals surface area (Å²) in [6.45, 7) is 14.4. The number of rotatable bonds is 6. The average Bonchev–Trinajstić information content (AvgIpc) is 3.41. The highest BCUT2D eigenvalue weighted by Crippen LogP contribution is 2.63. The van der Waals surface area contributed by atoms with E-state index < -0.39 is 65.4 Å². The van der Waals surface area contributed by atoms with Gasteiger partial charge >= 0.3 is 23.9 Å². The van der Waals surface area contributed by atoms with Gasteiger partial charge in [-0.05, 0) is 66.4 Å². The van der Waals surface area contributed by atoms with E-state index >= 15 is 0 Å². The van der Waals surface area contributed by atoms with E-state index in [0.29, 0.717) is 17.6 Å². The summed E-state index contributed by atoms with van der Waals surface area (Å²) in [6, 6.07) is 16.9. The lowest BCUT2D eigenvalue weighted by Crippen LogP contribution is -2.55. The molecule has 1 unspecified atom stereocenters. The van der Waals surface area contributed by atoms with E-state index in [9.17, 15) is 24.0 Å². The summed E-state index contributed by atoms with van der Waals surface area (Å²) in [5.41, 5.74) is -0.942. The van der Waals surface area contributed by atoms with Crippen molar-refractivity contribution >= 4 is 29.7 Å². The van der Waals surface area contributed by atoms with E-state index in [0.717, 1.165) is 0 Å². The SMILES string of the molecule is C=C1C(OC(C)=O)[C@H]2[C@@H](OC(=O)c3ccccc3)[C@@H](C)C[C@]2(OC(C)=O)C(=O)/C(C)=C\[C@@H]2[C@H](C[C@H]1OC(=O)c1ccccc1)C2(C)C. The van der Waals surface area contributed by atoms with Crippen molar-refractivity contribution in [2.75, 3.05) is 0 Å². The smallest absolute Gasteiger partial charge is 0.338 e. The van der Waals surface area contributed by atoms with Crippen LogP contribution in [-0.4, -0.2) is 53.6 Å². The summed E-state index contributed by atoms with van der Waals surface area (Å²) < 4.78 is 24.3. The zero-order chi connectivity index (χ0) is 34.3. The van der Waals surface area contributed by atoms with Crippen molar-refractivity contribution in [3.63, 3.8) is 0 Å². The first kappa shape index (κ1) is 33.8. The Morgan fingerprint density at radius 2 is 1.38 bits per heavy atom. The minimum Gasteiger partial charge on any atom is -0.458 e. The lowest BCUT2D eigenvalue weighted by Gasteiger charge is -2.40. The molecule has 0 radical (unpaired) electrons. The second-order valence-corrected chi connectivity index (χ2v) is 13.7. The number of benzene rings is 2. The van der Waals surface area contributed by atoms with E-state index in [-0.39, 0.29) is 34.8 Å². The van der Waals surface area contributed by atoms with Crippen LogP contribution in [0.1, 0.15) is 75.1 Å². The van der Waals surface area contributed by atoms with Crippen molar-refractivity contribution < 1.29 is 42.9 Å². The van der Waals surface area contributed by atoms with Crippen LogP contribution < -0.4 is 0 Å². The predicted molar refractivity (Wildman–Crippen MR) is 172 cm³/mol. The standard InChI is InChI=1S/C38H42O9/c1-21-18-28-29(37(28,6)7)19-30(45-35(42)26-14-10-8-11-15-26)23(3)33(44-24(4)39)31-32(46-36(43)27-16-12-9-13-17-27)22(2)20-38(31,34(21)41)47-25(5)40/h8-18,22,28-33H,3,19-20H2,1-2,4-7H3/b21-18-/t22-,28+,29-,30+,31+,32-,33?,38+/m0/s1. The molecular formula is C38H42O9. The molecule has 8 atom stereocenters. The van der Waals surface area contributed by atoms with Crippen LogP contribution in [0.4, 0.5) is 0 Å². The molecule has 0 aromatic heterocycles. The van der Waals surface area contributed by atoms with Crippen LogP contribution in [0.5, 0.6) is 0 Å². The van der Waals surface area contributed by atoms with Gasteiger partial charge in [0, 0.05) is 25.8 Å². The molecule has 0 amide bonds. The Hall–Kier alpha value is -4.53. The van der Waals surface area contributed by atoms with Crippen molar-refractivity contribution in [1.29, 1.82) is 0 Å². The maximum Gasteiger partial charge on any atom is 0.338 e. The minimum atomic E-state index is -1.89. The number of allylic oxidation sites excluding steroid dienone is 1. The van der Waals surface area contributed by atoms with Gasteiger partial charge in [-0.1, -0.05) is 69.8 Å². The van der Waals surface area contributed by atoms with Crippen molar-refractivity contribution in [3.8, 4) is 0 Å². The second-order valence-electron chi connectivity index (χ2n) is 13.7. The van der Waals surface area contributed by atoms with E-state index in [4.69, 9.17) is 18.9 Å². The zero-order valence-corrected chi connectivity index (χ0v) is 27.7. The van der Waals surface area contributed by atoms with E-state index in [1.165, 1.54) is 13.8 Å². The molecule has 3 aliphatic carbocycles. The molecular weight excluding hydrogens is 600 g/mol. The molecule has 0 N–H and O–H groups in total. The van der Waals surface area contributed by atoms with Gasteiger partial charge in [0.1, 0.15) is 18.3 Å². The van der Waals surface area contributed by atoms with Gasteiger partial charge in [-0.25, -0.2) is 9.59 Å². The van der Waals surface area contributed by atoms with Gasteiger partial charge in [0.25, 0.3) is 0 Å². The number of esters is 4. The van der Waals surface area contributed by atoms with Gasteiger partial charge in [-0.3, -0.25) is 14.4 Å². The van der Waals surface area contributed by atoms with Crippen LogP contribution in [0, 0.1) is 29.1 Å². The molecule has 0 heterocycles. The first-order chi connectivity index (χ1) is 22.2. The number of carbonyl (C=O) groups excluding carboxylic acids is 5. The topological polar surface area (TPSA) is 122 Å². The first-order valence-electron chi connectivity index (χ1n) is 16.0. The number of hydrogen-bond acceptors (Lipinski definition) is 9. The maximum absolute atomic E-state index is 14.7. The molecule has 3 aliphatic rings. The minimum absolute atomic E-state index is 0.00893. The third kappa shape index (κ3) is 6.53. The number of carbonyl (C=O) groups is 5. The fourth-order valence-electron chi connectivity index (χ4n) is 7.64. The third-order valence-corrected chi connectivity index (χ3v) is 10.1. The lowest BCUT2D eigenvalue weighted by atomic mass is 9.76. The van der Waals surface area contributed by atoms with E-state index in [1.807, 2.05) is 6.08 Å². The number of Topliss-reactive ketones (excluding diaryl/α,β-unsaturated/α-hetero) is 1. The van der Waals surface area contributed by atoms with Crippen molar-refractivity contribution in [2.24, 2.45) is 29.1 Å². The van der Waals surface area contributed by atoms with Crippen LogP contribution in [0.25, 0.3) is 0 Å². The Kier molecular flexibility index (Phi) is 9.31. The summed E-state index contributed by atoms with van der Waals surface area (Å²) in [5.74, 6) is -4.93. The summed E-state index contributed by atoms with van der Waals surface area (Å²) in [6.07, 6.45) is -1.13. The predicted octanol–water partition coefficient (Wildman–Crippen LogP) is 6.07. The molecule has 5 rings (SSSR count). The molecule has 2 saturated carbocycles. The summed E-state index contributed by atoms with van der Waals surface area (Å²) in [4.78, 5) is 67.3. The van der Waals surface area contributed by atoms with Gasteiger partial charge in [-0.15, -0.1) is 0 Å². The highest BCUT2D eigenvalue weighted by atomic mass is 16.6. The Bertz CT molecular complexity index is 1610. The van der Waals surface area contributed by atoms with Crippen LogP contribution in [0.2, 0.25) is 0 Å². The Labute approximate surface area is 275 Å². The van der Waals surface area contributed by atoms with Crippen molar-refractivity contribution in [3.05, 3.63) is 95.6 Å². The van der Waals surface area contributed by atoms with Gasteiger partial charge in [0.05, 0.1) is 17.0 Å². The Balaban J connectivity index is 1.68. The highest BCUT2D eigenvalue weighted by molar-refractivity contribution is 6.03. The number of hydrogen-bond donors (Lipinski definition) is 0. The normalized spacial score (nSPS) is 32.3. The summed E-state index contributed by atoms with van der Waals surface area (Å²) >= 11 is 0. The third-order valence-electron chi connectivity index (χ3n) is 10.1. The van der Waals surface area contributed by atoms with Gasteiger partial charge in [0.15, 0.2) is 5.60 Å². The molecule has 248 valence electrons. The first-order valence-corrected chi connectivity index (χ1v) is 16.0. The average molecular weight is 643 g/mol. The molecule has 47 heavy (non-hydrogen) atoms. The summed E-state index contributed by atoms with van der Waals surface area (Å²) in [7, 11) is 0. The van der Waals surface area contributed by atoms with Crippen LogP contribution >= 0.6 is 0 Å². The van der Waals surface area contributed by atoms with Crippen molar-refractivity contribution in [1.82, 2.24) is 0 Å². The second kappa shape index (κ2) is 12.9. The number of fused-ring (bicyclic) bond motifs is 2. The maximum atomic E-state index is 14.7. The quantitative estimate of drug-likeness (QED) is 0.210. The Morgan fingerprint density at radius 3 is 1.91 bits per heavy atom. The Morgan fingerprint density at radius 1 is 0.830 bits per heavy atom. The monoisotopic (exact) mass is 642 g/mol. The van der Waals surface area contributed by atoms with Crippen LogP contribution in [-0.2, 0) is 33.3 Å². The van der Waals surface area contributed by atoms with Gasteiger partial charge < -0.3 is 18.9 Å². The largest absolute Gasteiger partial charge is 0.458 e. The molecule has 0 aliphatic heterocycles. The van der Waals surface area contributed by atoms with Crippen LogP contribution in [0.15, 0.2) is 84.5 Å². The number of ether oxygens (including phenoxy) is 4. The molecule has 9 heteroatoms. The zero-order valence-electron chi connectivity index (χ0n) is 27.7. The molecule has 0 saturated heterocycles. The molecule has 0 bridgehead atoms. The van der Waals surface area contributed by atoms with Gasteiger partial charge in [0.2, 0.25) is 5.78 Å². The lowest BCUT2D eigenvalue weighted by molar-refractivity contribution is -0.179. The molecule has 0 spiro atoms. The molecule has 2 aromatic rings. The summed E-state index contributed by atoms with van der Waals surface area (Å²) in [5, 5.41) is 0. The highest BCUT2D eigenvalue weighted by Gasteiger charge is 2.66. The molecule has 2 fully saturated rings. The fourth-order valence-corrected chi connectivity index (χ4v) is 7.64.